The maximum absolute atomic E-state index is 11.5. The first-order valence-corrected chi connectivity index (χ1v) is 5.88. The molecule has 0 bridgehead atoms. The average molecular weight is 258 g/mol. The number of carbonyl (C=O) groups excluding carboxylic acids is 2. The molecule has 104 valence electrons. The number of rotatable bonds is 6. The highest BCUT2D eigenvalue weighted by Gasteiger charge is 2.22. The minimum atomic E-state index is -1.11. The van der Waals surface area contributed by atoms with Crippen LogP contribution in [0.15, 0.2) is 0 Å². The van der Waals surface area contributed by atoms with Crippen molar-refractivity contribution in [3.8, 4) is 0 Å². The molecule has 6 nitrogen and oxygen atoms in total. The second-order valence-corrected chi connectivity index (χ2v) is 5.42. The Kier molecular flexibility index (Phi) is 6.36. The lowest BCUT2D eigenvalue weighted by atomic mass is 9.80. The van der Waals surface area contributed by atoms with Gasteiger partial charge in [-0.25, -0.2) is 0 Å². The highest BCUT2D eigenvalue weighted by atomic mass is 16.4. The van der Waals surface area contributed by atoms with E-state index in [1.807, 2.05) is 27.7 Å². The zero-order chi connectivity index (χ0) is 14.3. The number of hydrogen-bond acceptors (Lipinski definition) is 3. The summed E-state index contributed by atoms with van der Waals surface area (Å²) < 4.78 is 0. The van der Waals surface area contributed by atoms with Gasteiger partial charge in [-0.3, -0.25) is 14.4 Å². The van der Waals surface area contributed by atoms with E-state index in [0.717, 1.165) is 0 Å². The Morgan fingerprint density at radius 2 is 1.56 bits per heavy atom. The Hall–Kier alpha value is -1.59. The van der Waals surface area contributed by atoms with Crippen molar-refractivity contribution in [1.82, 2.24) is 10.6 Å². The van der Waals surface area contributed by atoms with E-state index in [1.54, 1.807) is 0 Å². The predicted molar refractivity (Wildman–Crippen MR) is 66.9 cm³/mol. The van der Waals surface area contributed by atoms with Gasteiger partial charge in [-0.1, -0.05) is 27.7 Å². The molecule has 18 heavy (non-hydrogen) atoms. The van der Waals surface area contributed by atoms with Gasteiger partial charge in [0.1, 0.15) is 6.54 Å². The van der Waals surface area contributed by atoms with Crippen molar-refractivity contribution in [2.75, 3.05) is 13.1 Å². The Balaban J connectivity index is 3.90. The Bertz CT molecular complexity index is 321. The lowest BCUT2D eigenvalue weighted by Crippen LogP contribution is -2.39. The SMILES string of the molecule is CC(CC(=O)NCC(=O)NCC(=O)O)C(C)(C)C. The van der Waals surface area contributed by atoms with E-state index >= 15 is 0 Å². The third-order valence-corrected chi connectivity index (χ3v) is 2.85. The van der Waals surface area contributed by atoms with Gasteiger partial charge in [0.2, 0.25) is 11.8 Å². The highest BCUT2D eigenvalue weighted by molar-refractivity contribution is 5.86. The van der Waals surface area contributed by atoms with Crippen molar-refractivity contribution in [3.63, 3.8) is 0 Å². The first-order valence-electron chi connectivity index (χ1n) is 5.88. The molecule has 0 aliphatic carbocycles. The van der Waals surface area contributed by atoms with Crippen LogP contribution in [0, 0.1) is 11.3 Å². The largest absolute Gasteiger partial charge is 0.480 e. The number of carbonyl (C=O) groups is 3. The van der Waals surface area contributed by atoms with Crippen LogP contribution in [0.25, 0.3) is 0 Å². The number of nitrogens with one attached hydrogen (secondary N) is 2. The quantitative estimate of drug-likeness (QED) is 0.641. The molecule has 0 spiro atoms. The van der Waals surface area contributed by atoms with Crippen molar-refractivity contribution in [3.05, 3.63) is 0 Å². The number of aliphatic carboxylic acids is 1. The third-order valence-electron chi connectivity index (χ3n) is 2.85. The molecule has 0 rings (SSSR count). The van der Waals surface area contributed by atoms with Crippen LogP contribution in [-0.4, -0.2) is 36.0 Å². The smallest absolute Gasteiger partial charge is 0.322 e. The maximum atomic E-state index is 11.5. The molecule has 1 unspecified atom stereocenters. The zero-order valence-electron chi connectivity index (χ0n) is 11.4. The molecular weight excluding hydrogens is 236 g/mol. The van der Waals surface area contributed by atoms with Gasteiger partial charge >= 0.3 is 5.97 Å². The summed E-state index contributed by atoms with van der Waals surface area (Å²) in [5, 5.41) is 13.0. The molecule has 0 fully saturated rings. The minimum absolute atomic E-state index is 0.0307. The van der Waals surface area contributed by atoms with Crippen LogP contribution in [-0.2, 0) is 14.4 Å². The molecule has 0 aliphatic rings. The molecule has 0 aromatic rings. The second kappa shape index (κ2) is 6.98. The van der Waals surface area contributed by atoms with Gasteiger partial charge in [0.05, 0.1) is 6.54 Å². The molecule has 1 atom stereocenters. The van der Waals surface area contributed by atoms with E-state index in [0.29, 0.717) is 6.42 Å². The van der Waals surface area contributed by atoms with E-state index < -0.39 is 18.4 Å². The Morgan fingerprint density at radius 1 is 1.06 bits per heavy atom. The first kappa shape index (κ1) is 16.4. The van der Waals surface area contributed by atoms with Crippen molar-refractivity contribution in [2.45, 2.75) is 34.1 Å². The van der Waals surface area contributed by atoms with Crippen molar-refractivity contribution < 1.29 is 19.5 Å². The molecule has 6 heteroatoms. The van der Waals surface area contributed by atoms with Crippen LogP contribution in [0.1, 0.15) is 34.1 Å². The van der Waals surface area contributed by atoms with E-state index in [9.17, 15) is 14.4 Å². The van der Waals surface area contributed by atoms with Crippen LogP contribution in [0.4, 0.5) is 0 Å². The molecule has 0 radical (unpaired) electrons. The summed E-state index contributed by atoms with van der Waals surface area (Å²) in [5.74, 6) is -1.63. The van der Waals surface area contributed by atoms with Gasteiger partial charge in [0.15, 0.2) is 0 Å². The first-order chi connectivity index (χ1) is 8.12. The van der Waals surface area contributed by atoms with E-state index in [2.05, 4.69) is 10.6 Å². The summed E-state index contributed by atoms with van der Waals surface area (Å²) in [6, 6.07) is 0. The topological polar surface area (TPSA) is 95.5 Å². The standard InChI is InChI=1S/C12H22N2O4/c1-8(12(2,3)4)5-9(15)13-6-10(16)14-7-11(17)18/h8H,5-7H2,1-4H3,(H,13,15)(H,14,16)(H,17,18). The number of carboxylic acids is 1. The summed E-state index contributed by atoms with van der Waals surface area (Å²) in [4.78, 5) is 32.9. The van der Waals surface area contributed by atoms with Gasteiger partial charge in [-0.2, -0.15) is 0 Å². The third kappa shape index (κ3) is 7.65. The van der Waals surface area contributed by atoms with Gasteiger partial charge < -0.3 is 15.7 Å². The maximum Gasteiger partial charge on any atom is 0.322 e. The van der Waals surface area contributed by atoms with E-state index in [-0.39, 0.29) is 23.8 Å². The van der Waals surface area contributed by atoms with Crippen LogP contribution in [0.2, 0.25) is 0 Å². The van der Waals surface area contributed by atoms with E-state index in [1.165, 1.54) is 0 Å². The molecule has 0 aromatic heterocycles. The molecule has 0 saturated carbocycles. The molecule has 0 aromatic carbocycles. The fourth-order valence-electron chi connectivity index (χ4n) is 1.07. The van der Waals surface area contributed by atoms with Crippen LogP contribution in [0.5, 0.6) is 0 Å². The van der Waals surface area contributed by atoms with Crippen molar-refractivity contribution in [2.24, 2.45) is 11.3 Å². The highest BCUT2D eigenvalue weighted by Crippen LogP contribution is 2.27. The van der Waals surface area contributed by atoms with Gasteiger partial charge in [-0.05, 0) is 11.3 Å². The van der Waals surface area contributed by atoms with Gasteiger partial charge in [0.25, 0.3) is 0 Å². The van der Waals surface area contributed by atoms with Gasteiger partial charge in [-0.15, -0.1) is 0 Å². The van der Waals surface area contributed by atoms with Gasteiger partial charge in [0, 0.05) is 6.42 Å². The summed E-state index contributed by atoms with van der Waals surface area (Å²) in [5.41, 5.74) is 0.0307. The van der Waals surface area contributed by atoms with E-state index in [4.69, 9.17) is 5.11 Å². The Labute approximate surface area is 107 Å². The van der Waals surface area contributed by atoms with Crippen LogP contribution < -0.4 is 10.6 Å². The summed E-state index contributed by atoms with van der Waals surface area (Å²) in [6.45, 7) is 7.49. The predicted octanol–water partition coefficient (Wildman–Crippen LogP) is 0.376. The summed E-state index contributed by atoms with van der Waals surface area (Å²) in [7, 11) is 0. The normalized spacial score (nSPS) is 12.7. The molecule has 0 saturated heterocycles. The number of amides is 2. The number of hydrogen-bond donors (Lipinski definition) is 3. The molecular formula is C12H22N2O4. The fourth-order valence-corrected chi connectivity index (χ4v) is 1.07. The Morgan fingerprint density at radius 3 is 2.00 bits per heavy atom. The monoisotopic (exact) mass is 258 g/mol. The summed E-state index contributed by atoms with van der Waals surface area (Å²) >= 11 is 0. The lowest BCUT2D eigenvalue weighted by molar-refractivity contribution is -0.137. The second-order valence-electron chi connectivity index (χ2n) is 5.42. The number of carboxylic acid groups (broad SMARTS) is 1. The molecule has 0 heterocycles. The molecule has 3 N–H and O–H groups in total. The van der Waals surface area contributed by atoms with Crippen molar-refractivity contribution >= 4 is 17.8 Å². The average Bonchev–Trinajstić information content (AvgIpc) is 2.22. The minimum Gasteiger partial charge on any atom is -0.480 e. The zero-order valence-corrected chi connectivity index (χ0v) is 11.4. The summed E-state index contributed by atoms with van der Waals surface area (Å²) in [6.07, 6.45) is 0.343. The molecule has 2 amide bonds. The van der Waals surface area contributed by atoms with Crippen molar-refractivity contribution in [1.29, 1.82) is 0 Å². The van der Waals surface area contributed by atoms with Crippen LogP contribution in [0.3, 0.4) is 0 Å². The fraction of sp³-hybridized carbons (Fsp3) is 0.750. The molecule has 0 aliphatic heterocycles. The lowest BCUT2D eigenvalue weighted by Gasteiger charge is -2.26. The van der Waals surface area contributed by atoms with Crippen LogP contribution >= 0.6 is 0 Å².